The minimum Gasteiger partial charge on any atom is -0.417 e. The van der Waals surface area contributed by atoms with Gasteiger partial charge in [-0.25, -0.2) is 4.57 Å². The van der Waals surface area contributed by atoms with Crippen molar-refractivity contribution < 1.29 is 9.09 Å². The first-order chi connectivity index (χ1) is 7.70. The predicted molar refractivity (Wildman–Crippen MR) is 62.4 cm³/mol. The Morgan fingerprint density at radius 3 is 2.81 bits per heavy atom. The van der Waals surface area contributed by atoms with E-state index >= 15 is 0 Å². The summed E-state index contributed by atoms with van der Waals surface area (Å²) in [6.07, 6.45) is 1.54. The molecular weight excluding hydrogens is 202 g/mol. The second kappa shape index (κ2) is 3.01. The van der Waals surface area contributed by atoms with Gasteiger partial charge in [0.15, 0.2) is 0 Å². The van der Waals surface area contributed by atoms with E-state index in [0.717, 1.165) is 22.1 Å². The highest BCUT2D eigenvalue weighted by atomic mass is 16.3. The van der Waals surface area contributed by atoms with Crippen molar-refractivity contribution in [3.8, 4) is 0 Å². The van der Waals surface area contributed by atoms with Crippen LogP contribution in [-0.2, 0) is 0 Å². The van der Waals surface area contributed by atoms with Gasteiger partial charge in [-0.15, -0.1) is 0 Å². The molecule has 2 heterocycles. The molecule has 2 N–H and O–H groups in total. The van der Waals surface area contributed by atoms with Gasteiger partial charge in [-0.3, -0.25) is 5.84 Å². The summed E-state index contributed by atoms with van der Waals surface area (Å²) in [6, 6.07) is 8.52. The first-order valence-electron chi connectivity index (χ1n) is 5.37. The lowest BCUT2D eigenvalue weighted by Gasteiger charge is -2.02. The van der Waals surface area contributed by atoms with Crippen LogP contribution in [0.2, 0.25) is 0 Å². The Kier molecular flexibility index (Phi) is 1.74. The van der Waals surface area contributed by atoms with Gasteiger partial charge in [0, 0.05) is 0 Å². The largest absolute Gasteiger partial charge is 0.417 e. The third kappa shape index (κ3) is 1.01. The number of nitrogen functional groups attached to an aromatic ring is 1. The number of hydrogen-bond donors (Lipinski definition) is 1. The second-order valence-electron chi connectivity index (χ2n) is 4.26. The quantitative estimate of drug-likeness (QED) is 0.499. The fourth-order valence-electron chi connectivity index (χ4n) is 2.26. The number of oxazole rings is 1. The highest BCUT2D eigenvalue weighted by Crippen LogP contribution is 2.29. The van der Waals surface area contributed by atoms with E-state index in [4.69, 9.17) is 10.3 Å². The molecule has 82 valence electrons. The van der Waals surface area contributed by atoms with Crippen LogP contribution in [0.5, 0.6) is 0 Å². The van der Waals surface area contributed by atoms with Gasteiger partial charge in [0.1, 0.15) is 5.52 Å². The van der Waals surface area contributed by atoms with Crippen LogP contribution in [0, 0.1) is 0 Å². The molecule has 0 fully saturated rings. The standard InChI is InChI=1S/C12H14N3O/c1-8(2)15-10-6-4-3-5-9(10)11-12(15)14(13)7-16-11/h3-8H,13H2,1-2H3/q+1. The number of aromatic nitrogens is 2. The Morgan fingerprint density at radius 2 is 2.06 bits per heavy atom. The third-order valence-electron chi connectivity index (χ3n) is 2.88. The van der Waals surface area contributed by atoms with Crippen molar-refractivity contribution in [3.63, 3.8) is 0 Å². The highest BCUT2D eigenvalue weighted by Gasteiger charge is 2.25. The minimum atomic E-state index is 0.342. The number of nitrogens with two attached hydrogens (primary N) is 1. The minimum absolute atomic E-state index is 0.342. The van der Waals surface area contributed by atoms with Crippen LogP contribution in [0.1, 0.15) is 19.9 Å². The number of benzene rings is 1. The van der Waals surface area contributed by atoms with Crippen molar-refractivity contribution in [3.05, 3.63) is 30.7 Å². The Hall–Kier alpha value is -1.97. The molecule has 0 radical (unpaired) electrons. The Morgan fingerprint density at radius 1 is 1.31 bits per heavy atom. The molecule has 0 amide bonds. The number of hydrogen-bond acceptors (Lipinski definition) is 2. The van der Waals surface area contributed by atoms with Gasteiger partial charge in [0.05, 0.1) is 11.4 Å². The number of para-hydroxylation sites is 1. The van der Waals surface area contributed by atoms with Crippen molar-refractivity contribution in [2.45, 2.75) is 19.9 Å². The first-order valence-corrected chi connectivity index (χ1v) is 5.37. The van der Waals surface area contributed by atoms with Gasteiger partial charge in [0.2, 0.25) is 5.58 Å². The molecular formula is C12H14N3O+. The average Bonchev–Trinajstić information content (AvgIpc) is 2.77. The van der Waals surface area contributed by atoms with Gasteiger partial charge < -0.3 is 4.42 Å². The van der Waals surface area contributed by atoms with E-state index in [1.807, 2.05) is 12.1 Å². The lowest BCUT2D eigenvalue weighted by molar-refractivity contribution is -0.619. The molecule has 0 aliphatic carbocycles. The molecule has 3 aromatic rings. The molecule has 0 atom stereocenters. The Labute approximate surface area is 92.8 Å². The molecule has 16 heavy (non-hydrogen) atoms. The molecule has 4 nitrogen and oxygen atoms in total. The molecule has 0 spiro atoms. The van der Waals surface area contributed by atoms with E-state index in [-0.39, 0.29) is 0 Å². The molecule has 1 aromatic carbocycles. The van der Waals surface area contributed by atoms with E-state index in [9.17, 15) is 0 Å². The second-order valence-corrected chi connectivity index (χ2v) is 4.26. The van der Waals surface area contributed by atoms with E-state index in [1.165, 1.54) is 11.1 Å². The van der Waals surface area contributed by atoms with Crippen LogP contribution in [-0.4, -0.2) is 4.57 Å². The zero-order chi connectivity index (χ0) is 11.3. The van der Waals surface area contributed by atoms with Crippen molar-refractivity contribution in [1.82, 2.24) is 4.57 Å². The van der Waals surface area contributed by atoms with Crippen molar-refractivity contribution in [2.75, 3.05) is 5.84 Å². The van der Waals surface area contributed by atoms with E-state index in [0.29, 0.717) is 6.04 Å². The summed E-state index contributed by atoms with van der Waals surface area (Å²) in [7, 11) is 0. The summed E-state index contributed by atoms with van der Waals surface area (Å²) in [5, 5.41) is 1.11. The summed E-state index contributed by atoms with van der Waals surface area (Å²) < 4.78 is 9.24. The molecule has 0 unspecified atom stereocenters. The highest BCUT2D eigenvalue weighted by molar-refractivity contribution is 6.02. The molecule has 3 rings (SSSR count). The number of rotatable bonds is 1. The summed E-state index contributed by atoms with van der Waals surface area (Å²) in [5.41, 5.74) is 2.94. The van der Waals surface area contributed by atoms with Gasteiger partial charge in [-0.1, -0.05) is 16.8 Å². The summed E-state index contributed by atoms with van der Waals surface area (Å²) in [4.78, 5) is 0. The van der Waals surface area contributed by atoms with Crippen molar-refractivity contribution >= 4 is 22.1 Å². The van der Waals surface area contributed by atoms with Gasteiger partial charge in [-0.05, 0) is 26.0 Å². The average molecular weight is 216 g/mol. The maximum atomic E-state index is 5.88. The van der Waals surface area contributed by atoms with E-state index in [1.54, 1.807) is 0 Å². The zero-order valence-electron chi connectivity index (χ0n) is 9.34. The van der Waals surface area contributed by atoms with E-state index < -0.39 is 0 Å². The van der Waals surface area contributed by atoms with Crippen LogP contribution in [0.25, 0.3) is 22.1 Å². The smallest absolute Gasteiger partial charge is 0.352 e. The molecule has 0 aliphatic heterocycles. The summed E-state index contributed by atoms with van der Waals surface area (Å²) >= 11 is 0. The van der Waals surface area contributed by atoms with Gasteiger partial charge >= 0.3 is 5.65 Å². The summed E-state index contributed by atoms with van der Waals surface area (Å²) in [5.74, 6) is 5.88. The Balaban J connectivity index is 2.60. The normalized spacial score (nSPS) is 11.9. The topological polar surface area (TPSA) is 48.0 Å². The van der Waals surface area contributed by atoms with Gasteiger partial charge in [-0.2, -0.15) is 0 Å². The molecule has 0 saturated heterocycles. The maximum Gasteiger partial charge on any atom is 0.352 e. The number of nitrogens with zero attached hydrogens (tertiary/aromatic N) is 2. The third-order valence-corrected chi connectivity index (χ3v) is 2.88. The van der Waals surface area contributed by atoms with Crippen LogP contribution in [0.15, 0.2) is 35.1 Å². The van der Waals surface area contributed by atoms with Crippen LogP contribution in [0.4, 0.5) is 0 Å². The van der Waals surface area contributed by atoms with Gasteiger partial charge in [0.25, 0.3) is 6.39 Å². The monoisotopic (exact) mass is 216 g/mol. The number of fused-ring (bicyclic) bond motifs is 3. The van der Waals surface area contributed by atoms with Crippen molar-refractivity contribution in [2.24, 2.45) is 0 Å². The van der Waals surface area contributed by atoms with Crippen LogP contribution >= 0.6 is 0 Å². The fourth-order valence-corrected chi connectivity index (χ4v) is 2.26. The predicted octanol–water partition coefficient (Wildman–Crippen LogP) is 1.97. The van der Waals surface area contributed by atoms with Crippen molar-refractivity contribution in [1.29, 1.82) is 0 Å². The molecule has 0 bridgehead atoms. The fraction of sp³-hybridized carbons (Fsp3) is 0.250. The molecule has 2 aromatic heterocycles. The van der Waals surface area contributed by atoms with Crippen LogP contribution in [0.3, 0.4) is 0 Å². The van der Waals surface area contributed by atoms with E-state index in [2.05, 4.69) is 30.5 Å². The first kappa shape index (κ1) is 9.27. The lowest BCUT2D eigenvalue weighted by Crippen LogP contribution is -2.44. The summed E-state index contributed by atoms with van der Waals surface area (Å²) in [6.45, 7) is 4.28. The zero-order valence-corrected chi connectivity index (χ0v) is 9.34. The SMILES string of the molecule is CC(C)n1c2ccccc2c2oc[n+](N)c21. The molecule has 0 saturated carbocycles. The lowest BCUT2D eigenvalue weighted by atomic mass is 10.2. The molecule has 0 aliphatic rings. The molecule has 4 heteroatoms. The van der Waals surface area contributed by atoms with Crippen LogP contribution < -0.4 is 10.5 Å². The maximum absolute atomic E-state index is 5.88. The Bertz CT molecular complexity index is 663.